The maximum absolute atomic E-state index is 12.3. The molecule has 11 heteroatoms. The Morgan fingerprint density at radius 1 is 1.00 bits per heavy atom. The van der Waals surface area contributed by atoms with E-state index in [0.29, 0.717) is 42.6 Å². The van der Waals surface area contributed by atoms with Crippen molar-refractivity contribution in [3.63, 3.8) is 0 Å². The zero-order valence-corrected chi connectivity index (χ0v) is 20.4. The standard InChI is InChI=1S/C26H26N8O3/c1-2-37-22(36)16-33-17-27-23-24(33)29-26(30-25(23)34-21-6-4-3-5-18(21)15-28-34)32-13-11-31(12-14-32)19-7-9-20(35)10-8-19/h3-10,15,17,35H,2,11-14,16H2,1H3. The van der Waals surface area contributed by atoms with Crippen LogP contribution in [0.4, 0.5) is 11.6 Å². The van der Waals surface area contributed by atoms with Gasteiger partial charge in [-0.3, -0.25) is 4.79 Å². The first-order chi connectivity index (χ1) is 18.1. The zero-order chi connectivity index (χ0) is 25.4. The molecule has 0 atom stereocenters. The molecule has 5 aromatic rings. The molecule has 11 nitrogen and oxygen atoms in total. The number of para-hydroxylation sites is 1. The summed E-state index contributed by atoms with van der Waals surface area (Å²) in [5, 5.41) is 15.2. The second-order valence-electron chi connectivity index (χ2n) is 8.80. The average molecular weight is 499 g/mol. The Bertz CT molecular complexity index is 1570. The fourth-order valence-electron chi connectivity index (χ4n) is 4.64. The van der Waals surface area contributed by atoms with E-state index in [0.717, 1.165) is 29.7 Å². The van der Waals surface area contributed by atoms with Crippen LogP contribution in [0.15, 0.2) is 61.1 Å². The highest BCUT2D eigenvalue weighted by molar-refractivity contribution is 5.86. The number of imidazole rings is 1. The molecule has 0 unspecified atom stereocenters. The molecule has 0 bridgehead atoms. The van der Waals surface area contributed by atoms with Gasteiger partial charge in [0, 0.05) is 37.3 Å². The predicted octanol–water partition coefficient (Wildman–Crippen LogP) is 2.76. The summed E-state index contributed by atoms with van der Waals surface area (Å²) in [5.41, 5.74) is 3.08. The number of carbonyl (C=O) groups is 1. The maximum Gasteiger partial charge on any atom is 0.326 e. The van der Waals surface area contributed by atoms with Gasteiger partial charge >= 0.3 is 5.97 Å². The summed E-state index contributed by atoms with van der Waals surface area (Å²) < 4.78 is 8.62. The van der Waals surface area contributed by atoms with Gasteiger partial charge in [-0.2, -0.15) is 15.1 Å². The summed E-state index contributed by atoms with van der Waals surface area (Å²) in [4.78, 5) is 31.0. The molecule has 4 heterocycles. The molecule has 1 saturated heterocycles. The molecule has 0 saturated carbocycles. The minimum atomic E-state index is -0.351. The minimum absolute atomic E-state index is 0.00865. The highest BCUT2D eigenvalue weighted by Crippen LogP contribution is 2.26. The van der Waals surface area contributed by atoms with Crippen LogP contribution in [0, 0.1) is 0 Å². The van der Waals surface area contributed by atoms with Crippen molar-refractivity contribution in [2.24, 2.45) is 0 Å². The zero-order valence-electron chi connectivity index (χ0n) is 20.4. The number of carbonyl (C=O) groups excluding carboxylic acids is 1. The van der Waals surface area contributed by atoms with Crippen molar-refractivity contribution in [3.8, 4) is 11.6 Å². The number of anilines is 2. The number of piperazine rings is 1. The van der Waals surface area contributed by atoms with Crippen molar-refractivity contribution < 1.29 is 14.6 Å². The smallest absolute Gasteiger partial charge is 0.326 e. The Labute approximate surface area is 212 Å². The summed E-state index contributed by atoms with van der Waals surface area (Å²) in [6.45, 7) is 5.05. The molecule has 3 aromatic heterocycles. The molecule has 0 radical (unpaired) electrons. The Balaban J connectivity index is 1.38. The van der Waals surface area contributed by atoms with Gasteiger partial charge in [0.1, 0.15) is 12.3 Å². The van der Waals surface area contributed by atoms with Crippen molar-refractivity contribution in [1.29, 1.82) is 0 Å². The number of esters is 1. The molecule has 1 fully saturated rings. The van der Waals surface area contributed by atoms with Gasteiger partial charge in [0.05, 0.1) is 24.6 Å². The fraction of sp³-hybridized carbons (Fsp3) is 0.269. The number of aromatic hydroxyl groups is 1. The average Bonchev–Trinajstić information content (AvgIpc) is 3.53. The number of hydrogen-bond acceptors (Lipinski definition) is 9. The number of phenolic OH excluding ortho intramolecular Hbond substituents is 1. The second kappa shape index (κ2) is 9.41. The molecule has 37 heavy (non-hydrogen) atoms. The minimum Gasteiger partial charge on any atom is -0.508 e. The monoisotopic (exact) mass is 498 g/mol. The van der Waals surface area contributed by atoms with E-state index in [9.17, 15) is 9.90 Å². The maximum atomic E-state index is 12.3. The lowest BCUT2D eigenvalue weighted by atomic mass is 10.2. The third kappa shape index (κ3) is 4.28. The quantitative estimate of drug-likeness (QED) is 0.353. The van der Waals surface area contributed by atoms with Crippen LogP contribution in [-0.2, 0) is 16.1 Å². The SMILES string of the molecule is CCOC(=O)Cn1cnc2c(-n3ncc4ccccc43)nc(N3CCN(c4ccc(O)cc4)CC3)nc21. The first-order valence-corrected chi connectivity index (χ1v) is 12.2. The second-order valence-corrected chi connectivity index (χ2v) is 8.80. The van der Waals surface area contributed by atoms with Crippen LogP contribution in [0.5, 0.6) is 5.75 Å². The van der Waals surface area contributed by atoms with Gasteiger partial charge in [0.15, 0.2) is 17.0 Å². The third-order valence-corrected chi connectivity index (χ3v) is 6.49. The summed E-state index contributed by atoms with van der Waals surface area (Å²) in [6, 6.07) is 15.2. The van der Waals surface area contributed by atoms with Crippen molar-refractivity contribution in [2.45, 2.75) is 13.5 Å². The molecule has 1 N–H and O–H groups in total. The number of ether oxygens (including phenoxy) is 1. The lowest BCUT2D eigenvalue weighted by molar-refractivity contribution is -0.143. The van der Waals surface area contributed by atoms with Gasteiger partial charge < -0.3 is 24.2 Å². The molecule has 1 aliphatic rings. The molecule has 2 aromatic carbocycles. The van der Waals surface area contributed by atoms with Crippen LogP contribution in [0.3, 0.4) is 0 Å². The number of rotatable bonds is 6. The molecule has 1 aliphatic heterocycles. The number of hydrogen-bond donors (Lipinski definition) is 1. The highest BCUT2D eigenvalue weighted by Gasteiger charge is 2.24. The fourth-order valence-corrected chi connectivity index (χ4v) is 4.64. The molecule has 0 aliphatic carbocycles. The van der Waals surface area contributed by atoms with Gasteiger partial charge in [-0.25, -0.2) is 9.67 Å². The van der Waals surface area contributed by atoms with Crippen molar-refractivity contribution in [2.75, 3.05) is 42.6 Å². The number of phenols is 1. The summed E-state index contributed by atoms with van der Waals surface area (Å²) >= 11 is 0. The number of nitrogens with zero attached hydrogens (tertiary/aromatic N) is 8. The summed E-state index contributed by atoms with van der Waals surface area (Å²) in [5.74, 6) is 1.01. The van der Waals surface area contributed by atoms with Crippen LogP contribution in [-0.4, -0.2) is 73.2 Å². The van der Waals surface area contributed by atoms with E-state index in [1.54, 1.807) is 40.8 Å². The van der Waals surface area contributed by atoms with Crippen molar-refractivity contribution >= 4 is 39.7 Å². The van der Waals surface area contributed by atoms with Crippen LogP contribution < -0.4 is 9.80 Å². The van der Waals surface area contributed by atoms with E-state index in [-0.39, 0.29) is 18.3 Å². The van der Waals surface area contributed by atoms with Crippen LogP contribution in [0.1, 0.15) is 6.92 Å². The van der Waals surface area contributed by atoms with Gasteiger partial charge in [-0.15, -0.1) is 0 Å². The van der Waals surface area contributed by atoms with E-state index in [1.807, 2.05) is 36.4 Å². The molecule has 0 amide bonds. The Hall–Kier alpha value is -4.67. The normalized spacial score (nSPS) is 14.0. The summed E-state index contributed by atoms with van der Waals surface area (Å²) in [7, 11) is 0. The van der Waals surface area contributed by atoms with E-state index >= 15 is 0 Å². The Morgan fingerprint density at radius 2 is 1.76 bits per heavy atom. The van der Waals surface area contributed by atoms with Crippen molar-refractivity contribution in [1.82, 2.24) is 29.3 Å². The van der Waals surface area contributed by atoms with Gasteiger partial charge in [0.25, 0.3) is 0 Å². The van der Waals surface area contributed by atoms with E-state index in [4.69, 9.17) is 14.7 Å². The molecule has 0 spiro atoms. The van der Waals surface area contributed by atoms with Crippen LogP contribution in [0.2, 0.25) is 0 Å². The topological polar surface area (TPSA) is 114 Å². The molecule has 188 valence electrons. The molecule has 6 rings (SSSR count). The molecular formula is C26H26N8O3. The van der Waals surface area contributed by atoms with Gasteiger partial charge in [-0.05, 0) is 37.3 Å². The largest absolute Gasteiger partial charge is 0.508 e. The third-order valence-electron chi connectivity index (χ3n) is 6.49. The highest BCUT2D eigenvalue weighted by atomic mass is 16.5. The number of aromatic nitrogens is 6. The number of fused-ring (bicyclic) bond motifs is 2. The van der Waals surface area contributed by atoms with Crippen LogP contribution >= 0.6 is 0 Å². The predicted molar refractivity (Wildman–Crippen MR) is 139 cm³/mol. The Kier molecular flexibility index (Phi) is 5.79. The van der Waals surface area contributed by atoms with E-state index in [1.165, 1.54) is 0 Å². The molecular weight excluding hydrogens is 472 g/mol. The van der Waals surface area contributed by atoms with Gasteiger partial charge in [0.2, 0.25) is 5.95 Å². The lowest BCUT2D eigenvalue weighted by Crippen LogP contribution is -2.47. The van der Waals surface area contributed by atoms with Gasteiger partial charge in [-0.1, -0.05) is 18.2 Å². The Morgan fingerprint density at radius 3 is 2.54 bits per heavy atom. The first-order valence-electron chi connectivity index (χ1n) is 12.2. The van der Waals surface area contributed by atoms with E-state index in [2.05, 4.69) is 19.9 Å². The van der Waals surface area contributed by atoms with Crippen LogP contribution in [0.25, 0.3) is 27.9 Å². The summed E-state index contributed by atoms with van der Waals surface area (Å²) in [6.07, 6.45) is 3.40. The van der Waals surface area contributed by atoms with Crippen molar-refractivity contribution in [3.05, 3.63) is 61.1 Å². The lowest BCUT2D eigenvalue weighted by Gasteiger charge is -2.36. The van der Waals surface area contributed by atoms with E-state index < -0.39 is 0 Å². The number of benzene rings is 2. The first kappa shape index (κ1) is 22.8.